The number of guanidine groups is 1. The van der Waals surface area contributed by atoms with Crippen molar-refractivity contribution in [1.82, 2.24) is 15.5 Å². The lowest BCUT2D eigenvalue weighted by Crippen LogP contribution is -2.44. The maximum absolute atomic E-state index is 11.2. The van der Waals surface area contributed by atoms with Crippen LogP contribution in [0.5, 0.6) is 0 Å². The highest BCUT2D eigenvalue weighted by Gasteiger charge is 2.31. The molecule has 1 aromatic heterocycles. The summed E-state index contributed by atoms with van der Waals surface area (Å²) in [5.74, 6) is 1.19. The molecule has 2 N–H and O–H groups in total. The van der Waals surface area contributed by atoms with Gasteiger partial charge in [-0.1, -0.05) is 24.3 Å². The Hall–Kier alpha value is -1.72. The van der Waals surface area contributed by atoms with Crippen LogP contribution in [-0.4, -0.2) is 42.5 Å². The molecule has 1 saturated heterocycles. The molecule has 9 heteroatoms. The number of nitrogens with zero attached hydrogens (tertiary/aromatic N) is 3. The van der Waals surface area contributed by atoms with Crippen LogP contribution < -0.4 is 10.6 Å². The van der Waals surface area contributed by atoms with E-state index in [1.54, 1.807) is 12.1 Å². The van der Waals surface area contributed by atoms with E-state index in [1.807, 2.05) is 24.3 Å². The summed E-state index contributed by atoms with van der Waals surface area (Å²) in [4.78, 5) is 19.3. The minimum Gasteiger partial charge on any atom is -0.357 e. The Morgan fingerprint density at radius 1 is 1.30 bits per heavy atom. The quantitative estimate of drug-likeness (QED) is 0.178. The van der Waals surface area contributed by atoms with Gasteiger partial charge in [-0.05, 0) is 50.7 Å². The Bertz CT molecular complexity index is 831. The van der Waals surface area contributed by atoms with Crippen molar-refractivity contribution in [1.29, 1.82) is 0 Å². The first kappa shape index (κ1) is 24.5. The van der Waals surface area contributed by atoms with Gasteiger partial charge in [0, 0.05) is 30.1 Å². The van der Waals surface area contributed by atoms with Crippen molar-refractivity contribution < 1.29 is 4.92 Å². The van der Waals surface area contributed by atoms with Crippen LogP contribution in [0.25, 0.3) is 0 Å². The number of aliphatic imine (C=N–C) groups is 1. The van der Waals surface area contributed by atoms with Crippen molar-refractivity contribution in [3.63, 3.8) is 0 Å². The summed E-state index contributed by atoms with van der Waals surface area (Å²) in [6.45, 7) is 4.96. The molecule has 2 atom stereocenters. The first-order valence-electron chi connectivity index (χ1n) is 10.1. The number of piperidine rings is 1. The second-order valence-electron chi connectivity index (χ2n) is 7.31. The highest BCUT2D eigenvalue weighted by Crippen LogP contribution is 2.36. The number of thiophene rings is 1. The molecule has 0 bridgehead atoms. The van der Waals surface area contributed by atoms with Crippen molar-refractivity contribution in [2.45, 2.75) is 32.4 Å². The summed E-state index contributed by atoms with van der Waals surface area (Å²) in [7, 11) is 2.20. The maximum atomic E-state index is 11.2. The predicted octanol–water partition coefficient (Wildman–Crippen LogP) is 4.41. The second-order valence-corrected chi connectivity index (χ2v) is 8.28. The predicted molar refractivity (Wildman–Crippen MR) is 134 cm³/mol. The molecule has 0 saturated carbocycles. The Kier molecular flexibility index (Phi) is 9.99. The third kappa shape index (κ3) is 6.39. The zero-order valence-corrected chi connectivity index (χ0v) is 20.6. The molecule has 0 radical (unpaired) electrons. The highest BCUT2D eigenvalue weighted by atomic mass is 127. The van der Waals surface area contributed by atoms with Gasteiger partial charge in [0.1, 0.15) is 0 Å². The zero-order chi connectivity index (χ0) is 20.6. The van der Waals surface area contributed by atoms with Crippen LogP contribution in [0.2, 0.25) is 0 Å². The zero-order valence-electron chi connectivity index (χ0n) is 17.4. The fourth-order valence-corrected chi connectivity index (χ4v) is 4.92. The van der Waals surface area contributed by atoms with Crippen molar-refractivity contribution in [2.75, 3.05) is 26.7 Å². The molecule has 2 heterocycles. The van der Waals surface area contributed by atoms with Crippen LogP contribution in [0.1, 0.15) is 36.2 Å². The van der Waals surface area contributed by atoms with E-state index in [4.69, 9.17) is 0 Å². The Morgan fingerprint density at radius 2 is 2.10 bits per heavy atom. The number of para-hydroxylation sites is 1. The largest absolute Gasteiger partial charge is 0.357 e. The van der Waals surface area contributed by atoms with E-state index < -0.39 is 0 Å². The van der Waals surface area contributed by atoms with Crippen molar-refractivity contribution in [3.05, 3.63) is 62.3 Å². The van der Waals surface area contributed by atoms with E-state index in [9.17, 15) is 10.1 Å². The van der Waals surface area contributed by atoms with Gasteiger partial charge in [0.25, 0.3) is 5.69 Å². The number of hydrogen-bond donors (Lipinski definition) is 2. The van der Waals surface area contributed by atoms with Crippen molar-refractivity contribution in [2.24, 2.45) is 10.9 Å². The Morgan fingerprint density at radius 3 is 2.80 bits per heavy atom. The molecular weight excluding hydrogens is 513 g/mol. The van der Waals surface area contributed by atoms with Crippen LogP contribution >= 0.6 is 35.3 Å². The van der Waals surface area contributed by atoms with Crippen molar-refractivity contribution >= 4 is 47.0 Å². The summed E-state index contributed by atoms with van der Waals surface area (Å²) in [6, 6.07) is 11.5. The van der Waals surface area contributed by atoms with Gasteiger partial charge in [-0.25, -0.2) is 4.99 Å². The van der Waals surface area contributed by atoms with Gasteiger partial charge in [-0.15, -0.1) is 35.3 Å². The summed E-state index contributed by atoms with van der Waals surface area (Å²) in [5.41, 5.74) is 0.724. The van der Waals surface area contributed by atoms with Gasteiger partial charge in [-0.3, -0.25) is 15.0 Å². The molecule has 30 heavy (non-hydrogen) atoms. The van der Waals surface area contributed by atoms with Gasteiger partial charge >= 0.3 is 0 Å². The number of nitro benzene ring substituents is 1. The van der Waals surface area contributed by atoms with Gasteiger partial charge in [0.15, 0.2) is 5.96 Å². The summed E-state index contributed by atoms with van der Waals surface area (Å²) >= 11 is 1.81. The van der Waals surface area contributed by atoms with Crippen LogP contribution in [-0.2, 0) is 6.54 Å². The summed E-state index contributed by atoms with van der Waals surface area (Å²) in [5, 5.41) is 20.1. The molecule has 0 aliphatic carbocycles. The number of nitrogens with one attached hydrogen (secondary N) is 2. The second kappa shape index (κ2) is 12.2. The normalized spacial score (nSPS) is 19.7. The molecule has 0 amide bonds. The fourth-order valence-electron chi connectivity index (χ4n) is 3.94. The lowest BCUT2D eigenvalue weighted by molar-refractivity contribution is -0.385. The summed E-state index contributed by atoms with van der Waals surface area (Å²) in [6.07, 6.45) is 2.36. The molecule has 1 fully saturated rings. The minimum atomic E-state index is -0.352. The Balaban J connectivity index is 0.00000320. The highest BCUT2D eigenvalue weighted by molar-refractivity contribution is 14.0. The Labute approximate surface area is 199 Å². The average molecular weight is 543 g/mol. The average Bonchev–Trinajstić information content (AvgIpc) is 3.24. The fraction of sp³-hybridized carbons (Fsp3) is 0.476. The maximum Gasteiger partial charge on any atom is 0.274 e. The lowest BCUT2D eigenvalue weighted by Gasteiger charge is -2.39. The van der Waals surface area contributed by atoms with E-state index in [0.29, 0.717) is 23.5 Å². The van der Waals surface area contributed by atoms with Crippen LogP contribution in [0, 0.1) is 16.0 Å². The topological polar surface area (TPSA) is 82.8 Å². The molecule has 1 aliphatic rings. The van der Waals surface area contributed by atoms with E-state index in [2.05, 4.69) is 45.1 Å². The minimum absolute atomic E-state index is 0. The van der Waals surface area contributed by atoms with Crippen LogP contribution in [0.4, 0.5) is 5.69 Å². The number of halogens is 1. The summed E-state index contributed by atoms with van der Waals surface area (Å²) < 4.78 is 0. The third-order valence-corrected chi connectivity index (χ3v) is 6.26. The van der Waals surface area contributed by atoms with E-state index in [1.165, 1.54) is 23.8 Å². The number of rotatable bonds is 7. The first-order valence-corrected chi connectivity index (χ1v) is 11.0. The molecule has 1 aliphatic heterocycles. The van der Waals surface area contributed by atoms with Gasteiger partial charge < -0.3 is 10.6 Å². The first-order chi connectivity index (χ1) is 14.1. The van der Waals surface area contributed by atoms with Crippen LogP contribution in [0.3, 0.4) is 0 Å². The molecule has 2 aromatic rings. The molecular formula is C21H30IN5O2S. The smallest absolute Gasteiger partial charge is 0.274 e. The molecule has 7 nitrogen and oxygen atoms in total. The lowest BCUT2D eigenvalue weighted by atomic mass is 9.88. The molecule has 0 spiro atoms. The standard InChI is InChI=1S/C21H29N5O2S.HI/c1-3-22-21(23-14-16-8-4-5-10-18(16)26(27)28)24-15-17-9-6-12-25(2)20(17)19-11-7-13-29-19;/h4-5,7-8,10-11,13,17,20H,3,6,9,12,14-15H2,1-2H3,(H2,22,23,24);1H. The van der Waals surface area contributed by atoms with Gasteiger partial charge in [0.05, 0.1) is 17.0 Å². The molecule has 3 rings (SSSR count). The van der Waals surface area contributed by atoms with Gasteiger partial charge in [-0.2, -0.15) is 0 Å². The molecule has 164 valence electrons. The third-order valence-electron chi connectivity index (χ3n) is 5.31. The SMILES string of the molecule is CCNC(=NCc1ccccc1[N+](=O)[O-])NCC1CCCN(C)C1c1cccs1.I. The number of hydrogen-bond acceptors (Lipinski definition) is 5. The van der Waals surface area contributed by atoms with E-state index in [0.717, 1.165) is 19.6 Å². The van der Waals surface area contributed by atoms with Gasteiger partial charge in [0.2, 0.25) is 0 Å². The molecule has 1 aromatic carbocycles. The van der Waals surface area contributed by atoms with E-state index in [-0.39, 0.29) is 41.1 Å². The number of likely N-dealkylation sites (tertiary alicyclic amines) is 1. The number of nitro groups is 1. The molecule has 2 unspecified atom stereocenters. The van der Waals surface area contributed by atoms with Crippen LogP contribution in [0.15, 0.2) is 46.8 Å². The van der Waals surface area contributed by atoms with E-state index >= 15 is 0 Å². The van der Waals surface area contributed by atoms with Crippen molar-refractivity contribution in [3.8, 4) is 0 Å². The number of benzene rings is 1. The monoisotopic (exact) mass is 543 g/mol.